The van der Waals surface area contributed by atoms with Gasteiger partial charge in [-0.15, -0.1) is 0 Å². The molecule has 0 amide bonds. The average Bonchev–Trinajstić information content (AvgIpc) is 2.67. The zero-order chi connectivity index (χ0) is 20.0. The lowest BCUT2D eigenvalue weighted by Crippen LogP contribution is -2.14. The zero-order valence-corrected chi connectivity index (χ0v) is 17.2. The lowest BCUT2D eigenvalue weighted by molar-refractivity contribution is -0.145. The van der Waals surface area contributed by atoms with E-state index >= 15 is 0 Å². The van der Waals surface area contributed by atoms with Gasteiger partial charge in [-0.2, -0.15) is 0 Å². The van der Waals surface area contributed by atoms with Crippen molar-refractivity contribution in [3.63, 3.8) is 0 Å². The molecule has 0 heterocycles. The van der Waals surface area contributed by atoms with Gasteiger partial charge in [-0.1, -0.05) is 45.4 Å². The fraction of sp³-hybridized carbons (Fsp3) is 0.900. The van der Waals surface area contributed by atoms with Gasteiger partial charge in [-0.3, -0.25) is 9.59 Å². The summed E-state index contributed by atoms with van der Waals surface area (Å²) in [5.41, 5.74) is 0. The van der Waals surface area contributed by atoms with Crippen molar-refractivity contribution in [1.29, 1.82) is 0 Å². The molecule has 0 aromatic carbocycles. The first-order valence-electron chi connectivity index (χ1n) is 10.2. The van der Waals surface area contributed by atoms with Gasteiger partial charge in [0.05, 0.1) is 53.2 Å². The highest BCUT2D eigenvalue weighted by Crippen LogP contribution is 2.08. The minimum atomic E-state index is -0.285. The molecule has 0 saturated carbocycles. The maximum absolute atomic E-state index is 11.6. The van der Waals surface area contributed by atoms with Gasteiger partial charge in [0.2, 0.25) is 0 Å². The van der Waals surface area contributed by atoms with E-state index < -0.39 is 0 Å². The van der Waals surface area contributed by atoms with Gasteiger partial charge < -0.3 is 23.7 Å². The van der Waals surface area contributed by atoms with E-state index in [1.165, 1.54) is 39.2 Å². The summed E-state index contributed by atoms with van der Waals surface area (Å²) in [5.74, 6) is -0.431. The topological polar surface area (TPSA) is 80.3 Å². The van der Waals surface area contributed by atoms with Crippen LogP contribution in [-0.4, -0.2) is 65.3 Å². The number of carbonyl (C=O) groups is 2. The second-order valence-corrected chi connectivity index (χ2v) is 6.26. The van der Waals surface area contributed by atoms with Crippen molar-refractivity contribution < 1.29 is 33.3 Å². The van der Waals surface area contributed by atoms with Crippen LogP contribution in [0.2, 0.25) is 0 Å². The number of rotatable bonds is 20. The van der Waals surface area contributed by atoms with Crippen molar-refractivity contribution in [1.82, 2.24) is 0 Å². The van der Waals surface area contributed by atoms with Crippen molar-refractivity contribution in [3.05, 3.63) is 0 Å². The van der Waals surface area contributed by atoms with Crippen molar-refractivity contribution in [2.45, 2.75) is 64.7 Å². The Bertz CT molecular complexity index is 347. The highest BCUT2D eigenvalue weighted by atomic mass is 16.6. The number of hydrogen-bond acceptors (Lipinski definition) is 7. The summed E-state index contributed by atoms with van der Waals surface area (Å²) >= 11 is 0. The van der Waals surface area contributed by atoms with E-state index in [0.717, 1.165) is 12.8 Å². The van der Waals surface area contributed by atoms with E-state index in [-0.39, 0.29) is 25.0 Å². The molecule has 0 radical (unpaired) electrons. The zero-order valence-electron chi connectivity index (χ0n) is 17.2. The Balaban J connectivity index is 3.17. The minimum absolute atomic E-state index is 0.146. The molecular weight excluding hydrogens is 352 g/mol. The summed E-state index contributed by atoms with van der Waals surface area (Å²) < 4.78 is 25.5. The van der Waals surface area contributed by atoms with Crippen LogP contribution in [0.4, 0.5) is 0 Å². The first kappa shape index (κ1) is 25.8. The molecule has 160 valence electrons. The van der Waals surface area contributed by atoms with Gasteiger partial charge in [0.25, 0.3) is 0 Å². The monoisotopic (exact) mass is 390 g/mol. The van der Waals surface area contributed by atoms with E-state index in [1.807, 2.05) is 0 Å². The van der Waals surface area contributed by atoms with Crippen LogP contribution in [-0.2, 0) is 33.3 Å². The molecule has 0 atom stereocenters. The van der Waals surface area contributed by atoms with Crippen LogP contribution in [0, 0.1) is 0 Å². The molecule has 0 spiro atoms. The van der Waals surface area contributed by atoms with Gasteiger partial charge in [0.15, 0.2) is 0 Å². The molecule has 0 rings (SSSR count). The second kappa shape index (κ2) is 21.1. The number of carbonyl (C=O) groups excluding carboxylic acids is 2. The normalized spacial score (nSPS) is 10.7. The van der Waals surface area contributed by atoms with Crippen molar-refractivity contribution in [2.24, 2.45) is 0 Å². The van der Waals surface area contributed by atoms with E-state index in [0.29, 0.717) is 46.1 Å². The van der Waals surface area contributed by atoms with Crippen molar-refractivity contribution in [2.75, 3.05) is 53.4 Å². The van der Waals surface area contributed by atoms with Crippen LogP contribution in [0.5, 0.6) is 0 Å². The molecular formula is C20H38O7. The summed E-state index contributed by atoms with van der Waals surface area (Å²) in [6, 6.07) is 0. The van der Waals surface area contributed by atoms with Crippen LogP contribution in [0.3, 0.4) is 0 Å². The molecule has 0 bridgehead atoms. The van der Waals surface area contributed by atoms with Crippen LogP contribution in [0.1, 0.15) is 64.7 Å². The van der Waals surface area contributed by atoms with Crippen LogP contribution < -0.4 is 0 Å². The first-order valence-corrected chi connectivity index (χ1v) is 10.2. The Morgan fingerprint density at radius 1 is 0.593 bits per heavy atom. The quantitative estimate of drug-likeness (QED) is 0.233. The third kappa shape index (κ3) is 21.0. The van der Waals surface area contributed by atoms with E-state index in [4.69, 9.17) is 18.9 Å². The SMILES string of the molecule is CCCCCCCCCC(=O)OCCOCCOCCOCCC(=O)OC. The fourth-order valence-electron chi connectivity index (χ4n) is 2.31. The first-order chi connectivity index (χ1) is 13.2. The third-order valence-electron chi connectivity index (χ3n) is 3.90. The molecule has 0 aliphatic heterocycles. The maximum atomic E-state index is 11.6. The Kier molecular flexibility index (Phi) is 20.2. The molecule has 0 aliphatic carbocycles. The smallest absolute Gasteiger partial charge is 0.307 e. The fourth-order valence-corrected chi connectivity index (χ4v) is 2.31. The van der Waals surface area contributed by atoms with Gasteiger partial charge in [-0.05, 0) is 6.42 Å². The molecule has 0 N–H and O–H groups in total. The predicted octanol–water partition coefficient (Wildman–Crippen LogP) is 3.28. The van der Waals surface area contributed by atoms with Gasteiger partial charge in [0.1, 0.15) is 6.61 Å². The van der Waals surface area contributed by atoms with Gasteiger partial charge in [-0.25, -0.2) is 0 Å². The van der Waals surface area contributed by atoms with Crippen LogP contribution in [0.15, 0.2) is 0 Å². The highest BCUT2D eigenvalue weighted by molar-refractivity contribution is 5.69. The Morgan fingerprint density at radius 2 is 1.11 bits per heavy atom. The minimum Gasteiger partial charge on any atom is -0.469 e. The second-order valence-electron chi connectivity index (χ2n) is 6.26. The predicted molar refractivity (Wildman–Crippen MR) is 103 cm³/mol. The molecule has 0 unspecified atom stereocenters. The summed E-state index contributed by atoms with van der Waals surface area (Å²) in [5, 5.41) is 0. The van der Waals surface area contributed by atoms with Gasteiger partial charge >= 0.3 is 11.9 Å². The molecule has 27 heavy (non-hydrogen) atoms. The highest BCUT2D eigenvalue weighted by Gasteiger charge is 2.02. The number of esters is 2. The Hall–Kier alpha value is -1.18. The Labute approximate surface area is 164 Å². The van der Waals surface area contributed by atoms with Crippen molar-refractivity contribution in [3.8, 4) is 0 Å². The standard InChI is InChI=1S/C20H38O7/c1-3-4-5-6-7-8-9-10-20(22)27-18-17-26-16-15-25-14-13-24-12-11-19(21)23-2/h3-18H2,1-2H3. The van der Waals surface area contributed by atoms with E-state index in [1.54, 1.807) is 0 Å². The number of methoxy groups -OCH3 is 1. The van der Waals surface area contributed by atoms with Crippen LogP contribution >= 0.6 is 0 Å². The lowest BCUT2D eigenvalue weighted by atomic mass is 10.1. The summed E-state index contributed by atoms with van der Waals surface area (Å²) in [7, 11) is 1.35. The molecule has 0 aromatic heterocycles. The molecule has 0 aromatic rings. The maximum Gasteiger partial charge on any atom is 0.307 e. The summed E-state index contributed by atoms with van der Waals surface area (Å²) in [6.07, 6.45) is 9.06. The summed E-state index contributed by atoms with van der Waals surface area (Å²) in [4.78, 5) is 22.4. The molecule has 0 aliphatic rings. The molecule has 0 fully saturated rings. The molecule has 7 heteroatoms. The van der Waals surface area contributed by atoms with Gasteiger partial charge in [0, 0.05) is 6.42 Å². The lowest BCUT2D eigenvalue weighted by Gasteiger charge is -2.07. The largest absolute Gasteiger partial charge is 0.469 e. The van der Waals surface area contributed by atoms with E-state index in [2.05, 4.69) is 11.7 Å². The molecule has 0 saturated heterocycles. The number of hydrogen-bond donors (Lipinski definition) is 0. The van der Waals surface area contributed by atoms with E-state index in [9.17, 15) is 9.59 Å². The number of ether oxygens (including phenoxy) is 5. The van der Waals surface area contributed by atoms with Crippen LogP contribution in [0.25, 0.3) is 0 Å². The van der Waals surface area contributed by atoms with Crippen molar-refractivity contribution >= 4 is 11.9 Å². The number of unbranched alkanes of at least 4 members (excludes halogenated alkanes) is 6. The summed E-state index contributed by atoms with van der Waals surface area (Å²) in [6.45, 7) is 4.96. The average molecular weight is 391 g/mol. The molecule has 7 nitrogen and oxygen atoms in total. The third-order valence-corrected chi connectivity index (χ3v) is 3.90. The Morgan fingerprint density at radius 3 is 1.70 bits per heavy atom.